The molecule has 4 atom stereocenters. The minimum Gasteiger partial charge on any atom is -0.316 e. The van der Waals surface area contributed by atoms with Crippen molar-refractivity contribution >= 4 is 0 Å². The van der Waals surface area contributed by atoms with Crippen molar-refractivity contribution in [1.82, 2.24) is 5.32 Å². The second-order valence-corrected chi connectivity index (χ2v) is 4.97. The lowest BCUT2D eigenvalue weighted by atomic mass is 9.66. The summed E-state index contributed by atoms with van der Waals surface area (Å²) in [5.74, 6) is 3.99. The van der Waals surface area contributed by atoms with Gasteiger partial charge in [-0.2, -0.15) is 0 Å². The summed E-state index contributed by atoms with van der Waals surface area (Å²) in [6.07, 6.45) is 4.39. The van der Waals surface area contributed by atoms with E-state index in [4.69, 9.17) is 0 Å². The van der Waals surface area contributed by atoms with E-state index < -0.39 is 0 Å². The van der Waals surface area contributed by atoms with Crippen molar-refractivity contribution in [2.75, 3.05) is 13.1 Å². The molecule has 0 bridgehead atoms. The summed E-state index contributed by atoms with van der Waals surface area (Å²) >= 11 is 0. The Hall–Kier alpha value is -0.0400. The molecule has 1 saturated heterocycles. The molecule has 0 aromatic rings. The molecule has 1 aliphatic heterocycles. The van der Waals surface area contributed by atoms with Crippen LogP contribution in [0.4, 0.5) is 0 Å². The van der Waals surface area contributed by atoms with E-state index in [2.05, 4.69) is 19.2 Å². The lowest BCUT2D eigenvalue weighted by molar-refractivity contribution is 0.0940. The Morgan fingerprint density at radius 1 is 1.17 bits per heavy atom. The van der Waals surface area contributed by atoms with Crippen LogP contribution in [-0.4, -0.2) is 13.1 Å². The van der Waals surface area contributed by atoms with Gasteiger partial charge >= 0.3 is 0 Å². The van der Waals surface area contributed by atoms with Crippen molar-refractivity contribution < 1.29 is 0 Å². The highest BCUT2D eigenvalue weighted by Crippen LogP contribution is 2.40. The van der Waals surface area contributed by atoms with E-state index >= 15 is 0 Å². The van der Waals surface area contributed by atoms with Crippen molar-refractivity contribution in [3.63, 3.8) is 0 Å². The number of piperidine rings is 1. The summed E-state index contributed by atoms with van der Waals surface area (Å²) in [6.45, 7) is 7.42. The third-order valence-corrected chi connectivity index (χ3v) is 3.89. The first-order valence-electron chi connectivity index (χ1n) is 5.48. The lowest BCUT2D eigenvalue weighted by Gasteiger charge is -2.42. The SMILES string of the molecule is CC1CC(C)C2CNCCC2C1. The van der Waals surface area contributed by atoms with Gasteiger partial charge in [0.2, 0.25) is 0 Å². The van der Waals surface area contributed by atoms with Crippen molar-refractivity contribution in [2.24, 2.45) is 23.7 Å². The predicted octanol–water partition coefficient (Wildman–Crippen LogP) is 2.28. The Bertz CT molecular complexity index is 155. The maximum atomic E-state index is 3.53. The smallest absolute Gasteiger partial charge is 0.00153 e. The molecule has 0 aromatic heterocycles. The van der Waals surface area contributed by atoms with Gasteiger partial charge in [0.15, 0.2) is 0 Å². The van der Waals surface area contributed by atoms with Crippen LogP contribution in [0.5, 0.6) is 0 Å². The molecule has 2 fully saturated rings. The van der Waals surface area contributed by atoms with Gasteiger partial charge in [0, 0.05) is 0 Å². The van der Waals surface area contributed by atoms with Gasteiger partial charge in [0.05, 0.1) is 0 Å². The third-order valence-electron chi connectivity index (χ3n) is 3.89. The first-order chi connectivity index (χ1) is 5.77. The van der Waals surface area contributed by atoms with Crippen LogP contribution in [0, 0.1) is 23.7 Å². The summed E-state index contributed by atoms with van der Waals surface area (Å²) in [5, 5.41) is 3.53. The molecular weight excluding hydrogens is 146 g/mol. The van der Waals surface area contributed by atoms with Crippen molar-refractivity contribution in [1.29, 1.82) is 0 Å². The molecule has 2 rings (SSSR count). The van der Waals surface area contributed by atoms with Crippen LogP contribution in [0.25, 0.3) is 0 Å². The molecule has 0 amide bonds. The Morgan fingerprint density at radius 2 is 2.00 bits per heavy atom. The van der Waals surface area contributed by atoms with Crippen molar-refractivity contribution in [2.45, 2.75) is 33.1 Å². The number of fused-ring (bicyclic) bond motifs is 1. The first-order valence-corrected chi connectivity index (χ1v) is 5.48. The van der Waals surface area contributed by atoms with Crippen LogP contribution in [0.15, 0.2) is 0 Å². The van der Waals surface area contributed by atoms with Crippen LogP contribution in [-0.2, 0) is 0 Å². The monoisotopic (exact) mass is 167 g/mol. The third kappa shape index (κ3) is 1.52. The van der Waals surface area contributed by atoms with Crippen molar-refractivity contribution in [3.8, 4) is 0 Å². The molecule has 0 radical (unpaired) electrons. The highest BCUT2D eigenvalue weighted by Gasteiger charge is 2.34. The van der Waals surface area contributed by atoms with Gasteiger partial charge in [-0.05, 0) is 56.0 Å². The molecule has 1 heterocycles. The molecule has 0 spiro atoms. The second-order valence-electron chi connectivity index (χ2n) is 4.97. The van der Waals surface area contributed by atoms with E-state index in [1.807, 2.05) is 0 Å². The molecule has 1 aliphatic carbocycles. The first kappa shape index (κ1) is 8.55. The quantitative estimate of drug-likeness (QED) is 0.583. The fraction of sp³-hybridized carbons (Fsp3) is 1.00. The van der Waals surface area contributed by atoms with Gasteiger partial charge in [-0.1, -0.05) is 13.8 Å². The van der Waals surface area contributed by atoms with Gasteiger partial charge in [0.1, 0.15) is 0 Å². The zero-order chi connectivity index (χ0) is 8.55. The second kappa shape index (κ2) is 3.37. The summed E-state index contributed by atoms with van der Waals surface area (Å²) in [4.78, 5) is 0. The van der Waals surface area contributed by atoms with E-state index in [0.717, 1.165) is 23.7 Å². The predicted molar refractivity (Wildman–Crippen MR) is 52.0 cm³/mol. The number of hydrogen-bond acceptors (Lipinski definition) is 1. The van der Waals surface area contributed by atoms with E-state index in [-0.39, 0.29) is 0 Å². The number of rotatable bonds is 0. The summed E-state index contributed by atoms with van der Waals surface area (Å²) < 4.78 is 0. The number of nitrogens with one attached hydrogen (secondary N) is 1. The fourth-order valence-electron chi connectivity index (χ4n) is 3.32. The van der Waals surface area contributed by atoms with Crippen molar-refractivity contribution in [3.05, 3.63) is 0 Å². The van der Waals surface area contributed by atoms with E-state index in [1.165, 1.54) is 32.4 Å². The highest BCUT2D eigenvalue weighted by atomic mass is 14.9. The van der Waals surface area contributed by atoms with Gasteiger partial charge in [0.25, 0.3) is 0 Å². The normalized spacial score (nSPS) is 48.5. The van der Waals surface area contributed by atoms with Gasteiger partial charge < -0.3 is 5.32 Å². The maximum absolute atomic E-state index is 3.53. The van der Waals surface area contributed by atoms with Crippen LogP contribution in [0.2, 0.25) is 0 Å². The average molecular weight is 167 g/mol. The van der Waals surface area contributed by atoms with E-state index in [9.17, 15) is 0 Å². The van der Waals surface area contributed by atoms with Crippen LogP contribution in [0.1, 0.15) is 33.1 Å². The molecule has 1 heteroatoms. The van der Waals surface area contributed by atoms with E-state index in [1.54, 1.807) is 0 Å². The minimum atomic E-state index is 0.964. The van der Waals surface area contributed by atoms with Gasteiger partial charge in [-0.15, -0.1) is 0 Å². The molecule has 1 saturated carbocycles. The molecule has 70 valence electrons. The molecule has 1 nitrogen and oxygen atoms in total. The molecular formula is C11H21N. The van der Waals surface area contributed by atoms with Crippen LogP contribution in [0.3, 0.4) is 0 Å². The summed E-state index contributed by atoms with van der Waals surface area (Å²) in [5.41, 5.74) is 0. The topological polar surface area (TPSA) is 12.0 Å². The molecule has 4 unspecified atom stereocenters. The Morgan fingerprint density at radius 3 is 2.83 bits per heavy atom. The molecule has 0 aromatic carbocycles. The standard InChI is InChI=1S/C11H21N/c1-8-5-9(2)11-7-12-4-3-10(11)6-8/h8-12H,3-7H2,1-2H3. The van der Waals surface area contributed by atoms with Gasteiger partial charge in [-0.25, -0.2) is 0 Å². The molecule has 2 aliphatic rings. The fourth-order valence-corrected chi connectivity index (χ4v) is 3.32. The molecule has 1 N–H and O–H groups in total. The minimum absolute atomic E-state index is 0.964. The maximum Gasteiger partial charge on any atom is -0.00153 e. The number of hydrogen-bond donors (Lipinski definition) is 1. The average Bonchev–Trinajstić information content (AvgIpc) is 2.04. The molecule has 12 heavy (non-hydrogen) atoms. The Balaban J connectivity index is 2.01. The van der Waals surface area contributed by atoms with Crippen LogP contribution < -0.4 is 5.32 Å². The Kier molecular flexibility index (Phi) is 2.40. The summed E-state index contributed by atoms with van der Waals surface area (Å²) in [7, 11) is 0. The lowest BCUT2D eigenvalue weighted by Crippen LogP contribution is -2.43. The zero-order valence-corrected chi connectivity index (χ0v) is 8.34. The van der Waals surface area contributed by atoms with Gasteiger partial charge in [-0.3, -0.25) is 0 Å². The highest BCUT2D eigenvalue weighted by molar-refractivity contribution is 4.87. The van der Waals surface area contributed by atoms with E-state index in [0.29, 0.717) is 0 Å². The van der Waals surface area contributed by atoms with Crippen LogP contribution >= 0.6 is 0 Å². The zero-order valence-electron chi connectivity index (χ0n) is 8.34. The Labute approximate surface area is 75.9 Å². The largest absolute Gasteiger partial charge is 0.316 e. The summed E-state index contributed by atoms with van der Waals surface area (Å²) in [6, 6.07) is 0.